The number of hydrogen-bond donors (Lipinski definition) is 1. The highest BCUT2D eigenvalue weighted by molar-refractivity contribution is 7.85. The van der Waals surface area contributed by atoms with Crippen LogP contribution in [-0.4, -0.2) is 5.78 Å². The minimum atomic E-state index is 0.167. The zero-order chi connectivity index (χ0) is 6.28. The molecule has 0 aromatic heterocycles. The first-order valence-electron chi connectivity index (χ1n) is 1.65. The molecule has 40 valence electrons. The summed E-state index contributed by atoms with van der Waals surface area (Å²) in [4.78, 5) is 9.44. The van der Waals surface area contributed by atoms with Gasteiger partial charge in [0.15, 0.2) is 0 Å². The van der Waals surface area contributed by atoms with Crippen LogP contribution < -0.4 is 0 Å². The average Bonchev–Trinajstić information content (AvgIpc) is 1.33. The number of rotatable bonds is 0. The average molecular weight is 117 g/mol. The fourth-order valence-corrected chi connectivity index (χ4v) is 0. The monoisotopic (exact) mass is 117 g/mol. The standard InChI is InChI=1S/C3H6O.CHNS/c1-3(2)4;2-1-3/h1-2H3;3H. The normalized spacial score (nSPS) is 4.86. The van der Waals surface area contributed by atoms with Crippen molar-refractivity contribution in [3.8, 4) is 5.40 Å². The van der Waals surface area contributed by atoms with Gasteiger partial charge in [-0.15, -0.1) is 0 Å². The van der Waals surface area contributed by atoms with Gasteiger partial charge in [-0.05, 0) is 13.8 Å². The molecule has 7 heavy (non-hydrogen) atoms. The summed E-state index contributed by atoms with van der Waals surface area (Å²) in [5.74, 6) is 0.167. The van der Waals surface area contributed by atoms with Crippen LogP contribution in [0.5, 0.6) is 0 Å². The topological polar surface area (TPSA) is 40.9 Å². The van der Waals surface area contributed by atoms with Gasteiger partial charge < -0.3 is 4.79 Å². The summed E-state index contributed by atoms with van der Waals surface area (Å²) >= 11 is 3.09. The van der Waals surface area contributed by atoms with Gasteiger partial charge in [0.05, 0.1) is 0 Å². The van der Waals surface area contributed by atoms with E-state index in [9.17, 15) is 4.79 Å². The van der Waals surface area contributed by atoms with Gasteiger partial charge in [0.25, 0.3) is 0 Å². The third kappa shape index (κ3) is 283. The van der Waals surface area contributed by atoms with E-state index in [1.807, 2.05) is 0 Å². The summed E-state index contributed by atoms with van der Waals surface area (Å²) in [5.41, 5.74) is 0. The highest BCUT2D eigenvalue weighted by Crippen LogP contribution is 1.50. The van der Waals surface area contributed by atoms with E-state index in [0.717, 1.165) is 0 Å². The predicted molar refractivity (Wildman–Crippen MR) is 31.0 cm³/mol. The first-order valence-corrected chi connectivity index (χ1v) is 2.10. The van der Waals surface area contributed by atoms with E-state index >= 15 is 0 Å². The second kappa shape index (κ2) is 9.10. The van der Waals surface area contributed by atoms with Crippen molar-refractivity contribution in [3.63, 3.8) is 0 Å². The Hall–Kier alpha value is -0.490. The SMILES string of the molecule is CC(C)=O.N#CS. The van der Waals surface area contributed by atoms with Crippen LogP contribution in [0.1, 0.15) is 13.8 Å². The Morgan fingerprint density at radius 2 is 1.71 bits per heavy atom. The van der Waals surface area contributed by atoms with Crippen LogP contribution in [0, 0.1) is 10.7 Å². The van der Waals surface area contributed by atoms with Crippen LogP contribution in [0.2, 0.25) is 0 Å². The molecule has 0 spiro atoms. The maximum Gasteiger partial charge on any atom is 0.130 e. The molecule has 0 atom stereocenters. The fourth-order valence-electron chi connectivity index (χ4n) is 0. The number of hydrogen-bond acceptors (Lipinski definition) is 3. The number of carbonyl (C=O) groups excluding carboxylic acids is 1. The Kier molecular flexibility index (Phi) is 12.6. The molecular weight excluding hydrogens is 110 g/mol. The van der Waals surface area contributed by atoms with Crippen LogP contribution in [0.25, 0.3) is 0 Å². The van der Waals surface area contributed by atoms with Crippen molar-refractivity contribution in [1.29, 1.82) is 5.26 Å². The third-order valence-electron chi connectivity index (χ3n) is 0. The Labute approximate surface area is 48.5 Å². The lowest BCUT2D eigenvalue weighted by Gasteiger charge is -1.56. The molecule has 0 saturated carbocycles. The van der Waals surface area contributed by atoms with E-state index in [-0.39, 0.29) is 5.78 Å². The number of thiocyanates is 1. The molecule has 0 saturated heterocycles. The van der Waals surface area contributed by atoms with Crippen LogP contribution in [-0.2, 0) is 4.79 Å². The number of Topliss-reactive ketones (excluding diaryl/α,β-unsaturated/α-hetero) is 1. The smallest absolute Gasteiger partial charge is 0.130 e. The highest BCUT2D eigenvalue weighted by Gasteiger charge is 1.62. The highest BCUT2D eigenvalue weighted by atomic mass is 32.1. The Morgan fingerprint density at radius 1 is 1.71 bits per heavy atom. The first-order chi connectivity index (χ1) is 3.15. The minimum Gasteiger partial charge on any atom is -0.300 e. The van der Waals surface area contributed by atoms with Crippen LogP contribution >= 0.6 is 12.6 Å². The van der Waals surface area contributed by atoms with Gasteiger partial charge in [0.1, 0.15) is 11.2 Å². The largest absolute Gasteiger partial charge is 0.300 e. The van der Waals surface area contributed by atoms with Crippen molar-refractivity contribution < 1.29 is 4.79 Å². The minimum absolute atomic E-state index is 0.167. The second-order valence-corrected chi connectivity index (χ2v) is 1.21. The van der Waals surface area contributed by atoms with Crippen molar-refractivity contribution in [2.24, 2.45) is 0 Å². The molecule has 0 aliphatic rings. The number of carbonyl (C=O) groups is 1. The molecule has 0 unspecified atom stereocenters. The summed E-state index contributed by atoms with van der Waals surface area (Å²) in [5, 5.41) is 8.63. The van der Waals surface area contributed by atoms with Gasteiger partial charge in [-0.3, -0.25) is 0 Å². The van der Waals surface area contributed by atoms with Crippen molar-refractivity contribution >= 4 is 18.4 Å². The van der Waals surface area contributed by atoms with Crippen LogP contribution in [0.15, 0.2) is 0 Å². The molecule has 0 fully saturated rings. The van der Waals surface area contributed by atoms with E-state index < -0.39 is 0 Å². The van der Waals surface area contributed by atoms with E-state index in [1.165, 1.54) is 19.2 Å². The molecule has 0 heterocycles. The molecule has 2 nitrogen and oxygen atoms in total. The molecular formula is C4H7NOS. The Bertz CT molecular complexity index is 80.2. The number of nitriles is 1. The van der Waals surface area contributed by atoms with Gasteiger partial charge in [0.2, 0.25) is 0 Å². The molecule has 0 radical (unpaired) electrons. The van der Waals surface area contributed by atoms with Crippen LogP contribution in [0.3, 0.4) is 0 Å². The zero-order valence-electron chi connectivity index (χ0n) is 4.30. The van der Waals surface area contributed by atoms with Crippen molar-refractivity contribution in [3.05, 3.63) is 0 Å². The summed E-state index contributed by atoms with van der Waals surface area (Å²) in [6, 6.07) is 0. The van der Waals surface area contributed by atoms with E-state index in [2.05, 4.69) is 12.6 Å². The maximum atomic E-state index is 9.44. The molecule has 0 aromatic carbocycles. The Balaban J connectivity index is 0. The summed E-state index contributed by atoms with van der Waals surface area (Å²) in [6.07, 6.45) is 0. The van der Waals surface area contributed by atoms with E-state index in [1.54, 1.807) is 0 Å². The summed E-state index contributed by atoms with van der Waals surface area (Å²) < 4.78 is 0. The lowest BCUT2D eigenvalue weighted by molar-refractivity contribution is -0.114. The molecule has 0 bridgehead atoms. The van der Waals surface area contributed by atoms with Crippen molar-refractivity contribution in [1.82, 2.24) is 0 Å². The van der Waals surface area contributed by atoms with Gasteiger partial charge >= 0.3 is 0 Å². The van der Waals surface area contributed by atoms with Gasteiger partial charge in [-0.2, -0.15) is 5.26 Å². The molecule has 0 N–H and O–H groups in total. The van der Waals surface area contributed by atoms with Crippen molar-refractivity contribution in [2.75, 3.05) is 0 Å². The number of nitrogens with zero attached hydrogens (tertiary/aromatic N) is 1. The van der Waals surface area contributed by atoms with Gasteiger partial charge in [0, 0.05) is 0 Å². The number of ketones is 1. The van der Waals surface area contributed by atoms with Gasteiger partial charge in [-0.25, -0.2) is 0 Å². The van der Waals surface area contributed by atoms with Crippen molar-refractivity contribution in [2.45, 2.75) is 13.8 Å². The zero-order valence-corrected chi connectivity index (χ0v) is 5.20. The molecule has 3 heteroatoms. The van der Waals surface area contributed by atoms with Crippen LogP contribution in [0.4, 0.5) is 0 Å². The fraction of sp³-hybridized carbons (Fsp3) is 0.500. The first kappa shape index (κ1) is 9.72. The Morgan fingerprint density at radius 3 is 1.71 bits per heavy atom. The molecule has 0 aliphatic heterocycles. The molecule has 0 rings (SSSR count). The second-order valence-electron chi connectivity index (χ2n) is 1.01. The molecule has 0 aromatic rings. The predicted octanol–water partition coefficient (Wildman–Crippen LogP) is 0.993. The molecule has 0 aliphatic carbocycles. The maximum absolute atomic E-state index is 9.44. The molecule has 0 amide bonds. The van der Waals surface area contributed by atoms with E-state index in [0.29, 0.717) is 0 Å². The lowest BCUT2D eigenvalue weighted by Crippen LogP contribution is -1.69. The van der Waals surface area contributed by atoms with Gasteiger partial charge in [-0.1, -0.05) is 12.6 Å². The third-order valence-corrected chi connectivity index (χ3v) is 0. The summed E-state index contributed by atoms with van der Waals surface area (Å²) in [6.45, 7) is 3.06. The lowest BCUT2D eigenvalue weighted by atomic mass is 10.6. The summed E-state index contributed by atoms with van der Waals surface area (Å²) in [7, 11) is 0. The number of thiol groups is 1. The quantitative estimate of drug-likeness (QED) is 0.379. The van der Waals surface area contributed by atoms with E-state index in [4.69, 9.17) is 5.26 Å².